The molecule has 0 aliphatic carbocycles. The second kappa shape index (κ2) is 5.53. The van der Waals surface area contributed by atoms with E-state index < -0.39 is 0 Å². The number of methoxy groups -OCH3 is 1. The predicted octanol–water partition coefficient (Wildman–Crippen LogP) is 2.49. The fraction of sp³-hybridized carbons (Fsp3) is 0.333. The van der Waals surface area contributed by atoms with E-state index in [4.69, 9.17) is 16.9 Å². The SMILES string of the molecule is CCc1c(C#N)ccc(CC(=O)OC)c1Cl. The van der Waals surface area contributed by atoms with Gasteiger partial charge in [-0.15, -0.1) is 0 Å². The Kier molecular flexibility index (Phi) is 4.33. The number of hydrogen-bond donors (Lipinski definition) is 0. The highest BCUT2D eigenvalue weighted by Crippen LogP contribution is 2.25. The minimum absolute atomic E-state index is 0.133. The summed E-state index contributed by atoms with van der Waals surface area (Å²) < 4.78 is 4.58. The highest BCUT2D eigenvalue weighted by molar-refractivity contribution is 6.32. The van der Waals surface area contributed by atoms with Crippen molar-refractivity contribution in [2.45, 2.75) is 19.8 Å². The monoisotopic (exact) mass is 237 g/mol. The fourth-order valence-corrected chi connectivity index (χ4v) is 1.85. The third-order valence-corrected chi connectivity index (χ3v) is 2.83. The number of ether oxygens (including phenoxy) is 1. The van der Waals surface area contributed by atoms with Crippen LogP contribution in [0.4, 0.5) is 0 Å². The lowest BCUT2D eigenvalue weighted by molar-refractivity contribution is -0.139. The van der Waals surface area contributed by atoms with Gasteiger partial charge in [0.05, 0.1) is 25.2 Å². The van der Waals surface area contributed by atoms with E-state index in [9.17, 15) is 4.79 Å². The zero-order valence-corrected chi connectivity index (χ0v) is 9.97. The zero-order chi connectivity index (χ0) is 12.1. The summed E-state index contributed by atoms with van der Waals surface area (Å²) in [5.74, 6) is -0.339. The molecule has 1 aromatic carbocycles. The van der Waals surface area contributed by atoms with Gasteiger partial charge in [-0.2, -0.15) is 5.26 Å². The molecule has 1 aromatic rings. The summed E-state index contributed by atoms with van der Waals surface area (Å²) in [6.45, 7) is 1.92. The maximum atomic E-state index is 11.1. The van der Waals surface area contributed by atoms with Gasteiger partial charge in [-0.05, 0) is 23.6 Å². The molecule has 0 unspecified atom stereocenters. The third-order valence-electron chi connectivity index (χ3n) is 2.36. The van der Waals surface area contributed by atoms with Crippen LogP contribution in [-0.4, -0.2) is 13.1 Å². The van der Waals surface area contributed by atoms with Gasteiger partial charge in [-0.25, -0.2) is 0 Å². The maximum Gasteiger partial charge on any atom is 0.310 e. The lowest BCUT2D eigenvalue weighted by Gasteiger charge is -2.09. The Labute approximate surface area is 99.6 Å². The Morgan fingerprint density at radius 2 is 2.25 bits per heavy atom. The van der Waals surface area contributed by atoms with E-state index in [2.05, 4.69) is 10.8 Å². The van der Waals surface area contributed by atoms with Gasteiger partial charge in [0.15, 0.2) is 0 Å². The van der Waals surface area contributed by atoms with Crippen molar-refractivity contribution in [3.63, 3.8) is 0 Å². The number of esters is 1. The van der Waals surface area contributed by atoms with E-state index in [0.717, 1.165) is 5.56 Å². The zero-order valence-electron chi connectivity index (χ0n) is 9.21. The number of rotatable bonds is 3. The Hall–Kier alpha value is -1.53. The fourth-order valence-electron chi connectivity index (χ4n) is 1.48. The molecule has 0 N–H and O–H groups in total. The van der Waals surface area contributed by atoms with E-state index in [1.165, 1.54) is 7.11 Å². The van der Waals surface area contributed by atoms with Gasteiger partial charge in [0.2, 0.25) is 0 Å². The molecule has 0 bridgehead atoms. The van der Waals surface area contributed by atoms with Crippen LogP contribution in [0.1, 0.15) is 23.6 Å². The Bertz CT molecular complexity index is 449. The number of nitrogens with zero attached hydrogens (tertiary/aromatic N) is 1. The lowest BCUT2D eigenvalue weighted by atomic mass is 10.0. The Morgan fingerprint density at radius 3 is 2.75 bits per heavy atom. The van der Waals surface area contributed by atoms with Crippen molar-refractivity contribution in [3.05, 3.63) is 33.8 Å². The average molecular weight is 238 g/mol. The molecule has 0 saturated carbocycles. The molecule has 0 aliphatic heterocycles. The van der Waals surface area contributed by atoms with E-state index in [-0.39, 0.29) is 12.4 Å². The van der Waals surface area contributed by atoms with E-state index in [0.29, 0.717) is 22.6 Å². The smallest absolute Gasteiger partial charge is 0.310 e. The largest absolute Gasteiger partial charge is 0.469 e. The molecular weight excluding hydrogens is 226 g/mol. The van der Waals surface area contributed by atoms with Crippen LogP contribution >= 0.6 is 11.6 Å². The molecule has 0 aromatic heterocycles. The minimum Gasteiger partial charge on any atom is -0.469 e. The molecule has 0 aliphatic rings. The summed E-state index contributed by atoms with van der Waals surface area (Å²) in [5, 5.41) is 9.39. The third kappa shape index (κ3) is 2.53. The summed E-state index contributed by atoms with van der Waals surface area (Å²) in [7, 11) is 1.33. The normalized spacial score (nSPS) is 9.62. The number of halogens is 1. The lowest BCUT2D eigenvalue weighted by Crippen LogP contribution is -2.06. The van der Waals surface area contributed by atoms with Crippen LogP contribution in [0, 0.1) is 11.3 Å². The number of nitriles is 1. The molecule has 4 heteroatoms. The highest BCUT2D eigenvalue weighted by Gasteiger charge is 2.12. The van der Waals surface area contributed by atoms with Crippen molar-refractivity contribution in [2.75, 3.05) is 7.11 Å². The van der Waals surface area contributed by atoms with Gasteiger partial charge in [0.1, 0.15) is 0 Å². The Balaban J connectivity index is 3.15. The summed E-state index contributed by atoms with van der Waals surface area (Å²) in [6.07, 6.45) is 0.796. The van der Waals surface area contributed by atoms with Crippen LogP contribution in [0.25, 0.3) is 0 Å². The van der Waals surface area contributed by atoms with Gasteiger partial charge >= 0.3 is 5.97 Å². The van der Waals surface area contributed by atoms with Crippen LogP contribution < -0.4 is 0 Å². The topological polar surface area (TPSA) is 50.1 Å². The van der Waals surface area contributed by atoms with Gasteiger partial charge in [-0.1, -0.05) is 24.6 Å². The second-order valence-electron chi connectivity index (χ2n) is 3.28. The van der Waals surface area contributed by atoms with Crippen LogP contribution in [-0.2, 0) is 22.4 Å². The van der Waals surface area contributed by atoms with Crippen molar-refractivity contribution in [2.24, 2.45) is 0 Å². The molecule has 0 radical (unpaired) electrons. The molecule has 16 heavy (non-hydrogen) atoms. The molecule has 84 valence electrons. The first-order valence-electron chi connectivity index (χ1n) is 4.91. The van der Waals surface area contributed by atoms with E-state index >= 15 is 0 Å². The summed E-state index contributed by atoms with van der Waals surface area (Å²) in [6, 6.07) is 5.46. The average Bonchev–Trinajstić information content (AvgIpc) is 2.31. The standard InChI is InChI=1S/C12H12ClNO2/c1-3-10-9(7-14)5-4-8(12(10)13)6-11(15)16-2/h4-5H,3,6H2,1-2H3. The van der Waals surface area contributed by atoms with Crippen molar-refractivity contribution < 1.29 is 9.53 Å². The molecule has 0 saturated heterocycles. The number of benzene rings is 1. The molecular formula is C12H12ClNO2. The summed E-state index contributed by atoms with van der Waals surface area (Å²) in [4.78, 5) is 11.1. The summed E-state index contributed by atoms with van der Waals surface area (Å²) >= 11 is 6.13. The van der Waals surface area contributed by atoms with Crippen molar-refractivity contribution >= 4 is 17.6 Å². The molecule has 0 amide bonds. The highest BCUT2D eigenvalue weighted by atomic mass is 35.5. The first kappa shape index (κ1) is 12.5. The molecule has 0 fully saturated rings. The van der Waals surface area contributed by atoms with Crippen LogP contribution in [0.5, 0.6) is 0 Å². The van der Waals surface area contributed by atoms with E-state index in [1.54, 1.807) is 12.1 Å². The number of hydrogen-bond acceptors (Lipinski definition) is 3. The van der Waals surface area contributed by atoms with Gasteiger partial charge in [0, 0.05) is 5.02 Å². The van der Waals surface area contributed by atoms with Crippen LogP contribution in [0.15, 0.2) is 12.1 Å². The molecule has 0 heterocycles. The maximum absolute atomic E-state index is 11.1. The first-order chi connectivity index (χ1) is 7.63. The van der Waals surface area contributed by atoms with Crippen molar-refractivity contribution in [1.82, 2.24) is 0 Å². The van der Waals surface area contributed by atoms with Crippen molar-refractivity contribution in [3.8, 4) is 6.07 Å². The molecule has 3 nitrogen and oxygen atoms in total. The van der Waals surface area contributed by atoms with Crippen LogP contribution in [0.2, 0.25) is 5.02 Å². The first-order valence-corrected chi connectivity index (χ1v) is 5.29. The second-order valence-corrected chi connectivity index (χ2v) is 3.66. The minimum atomic E-state index is -0.339. The van der Waals surface area contributed by atoms with Gasteiger partial charge in [0.25, 0.3) is 0 Å². The van der Waals surface area contributed by atoms with Crippen LogP contribution in [0.3, 0.4) is 0 Å². The molecule has 1 rings (SSSR count). The molecule has 0 atom stereocenters. The van der Waals surface area contributed by atoms with E-state index in [1.807, 2.05) is 6.92 Å². The predicted molar refractivity (Wildman–Crippen MR) is 61.3 cm³/mol. The Morgan fingerprint density at radius 1 is 1.56 bits per heavy atom. The summed E-state index contributed by atoms with van der Waals surface area (Å²) in [5.41, 5.74) is 2.04. The number of carbonyl (C=O) groups excluding carboxylic acids is 1. The van der Waals surface area contributed by atoms with Gasteiger partial charge in [-0.3, -0.25) is 4.79 Å². The van der Waals surface area contributed by atoms with Gasteiger partial charge < -0.3 is 4.74 Å². The molecule has 0 spiro atoms. The van der Waals surface area contributed by atoms with Crippen molar-refractivity contribution in [1.29, 1.82) is 5.26 Å². The quantitative estimate of drug-likeness (QED) is 0.759. The number of carbonyl (C=O) groups is 1.